The van der Waals surface area contributed by atoms with E-state index in [2.05, 4.69) is 26.9 Å². The third-order valence-electron chi connectivity index (χ3n) is 4.90. The number of fused-ring (bicyclic) bond motifs is 2. The Bertz CT molecular complexity index is 680. The van der Waals surface area contributed by atoms with Crippen LogP contribution in [0.1, 0.15) is 17.7 Å². The second-order valence-corrected chi connectivity index (χ2v) is 7.31. The molecule has 3 aliphatic rings. The van der Waals surface area contributed by atoms with Crippen LogP contribution < -0.4 is 0 Å². The van der Waals surface area contributed by atoms with Crippen molar-refractivity contribution < 1.29 is 0 Å². The lowest BCUT2D eigenvalue weighted by molar-refractivity contribution is -0.0777. The summed E-state index contributed by atoms with van der Waals surface area (Å²) in [4.78, 5) is 9.52. The summed E-state index contributed by atoms with van der Waals surface area (Å²) in [6.45, 7) is 4.09. The van der Waals surface area contributed by atoms with Gasteiger partial charge in [-0.05, 0) is 36.2 Å². The van der Waals surface area contributed by atoms with E-state index in [0.29, 0.717) is 17.1 Å². The summed E-state index contributed by atoms with van der Waals surface area (Å²) in [5.41, 5.74) is 2.32. The summed E-state index contributed by atoms with van der Waals surface area (Å²) in [6.07, 6.45) is 3.17. The van der Waals surface area contributed by atoms with Gasteiger partial charge in [-0.3, -0.25) is 14.8 Å². The molecule has 0 radical (unpaired) electrons. The third kappa shape index (κ3) is 3.24. The predicted octanol–water partition coefficient (Wildman–Crippen LogP) is 3.85. The highest BCUT2D eigenvalue weighted by Gasteiger charge is 2.44. The quantitative estimate of drug-likeness (QED) is 0.837. The summed E-state index contributed by atoms with van der Waals surface area (Å²) in [5.74, 6) is 0. The molecule has 3 fully saturated rings. The maximum absolute atomic E-state index is 6.32. The van der Waals surface area contributed by atoms with Crippen molar-refractivity contribution in [2.45, 2.75) is 31.6 Å². The molecule has 1 aromatic carbocycles. The van der Waals surface area contributed by atoms with E-state index in [4.69, 9.17) is 23.2 Å². The molecular formula is C18H19Cl2N3. The zero-order valence-electron chi connectivity index (χ0n) is 12.8. The van der Waals surface area contributed by atoms with Gasteiger partial charge in [0.2, 0.25) is 0 Å². The first-order valence-electron chi connectivity index (χ1n) is 8.01. The van der Waals surface area contributed by atoms with Crippen molar-refractivity contribution >= 4 is 23.2 Å². The number of aromatic nitrogens is 1. The van der Waals surface area contributed by atoms with Gasteiger partial charge in [-0.25, -0.2) is 0 Å². The number of rotatable bonds is 4. The maximum atomic E-state index is 6.32. The van der Waals surface area contributed by atoms with Gasteiger partial charge in [0.05, 0.1) is 5.69 Å². The smallest absolute Gasteiger partial charge is 0.0543 e. The van der Waals surface area contributed by atoms with Gasteiger partial charge in [0, 0.05) is 54.5 Å². The Morgan fingerprint density at radius 2 is 1.87 bits per heavy atom. The first kappa shape index (κ1) is 15.4. The summed E-state index contributed by atoms with van der Waals surface area (Å²) in [7, 11) is 0. The number of hydrogen-bond acceptors (Lipinski definition) is 3. The number of benzene rings is 1. The SMILES string of the molecule is Clc1ccc(CN2C3CC2CN(Cc2ccccn2)C3)c(Cl)c1. The Morgan fingerprint density at radius 3 is 2.57 bits per heavy atom. The van der Waals surface area contributed by atoms with Gasteiger partial charge < -0.3 is 0 Å². The van der Waals surface area contributed by atoms with Crippen molar-refractivity contribution in [1.82, 2.24) is 14.8 Å². The lowest BCUT2D eigenvalue weighted by Gasteiger charge is -2.56. The molecule has 2 bridgehead atoms. The third-order valence-corrected chi connectivity index (χ3v) is 5.49. The molecule has 0 spiro atoms. The normalized spacial score (nSPS) is 24.4. The topological polar surface area (TPSA) is 19.4 Å². The highest BCUT2D eigenvalue weighted by Crippen LogP contribution is 2.35. The highest BCUT2D eigenvalue weighted by atomic mass is 35.5. The number of halogens is 2. The van der Waals surface area contributed by atoms with E-state index < -0.39 is 0 Å². The molecule has 3 aliphatic heterocycles. The van der Waals surface area contributed by atoms with Crippen molar-refractivity contribution in [2.24, 2.45) is 0 Å². The standard InChI is InChI=1S/C18H19Cl2N3/c19-14-5-4-13(18(20)7-14)9-23-16-8-17(23)12-22(11-16)10-15-3-1-2-6-21-15/h1-7,16-17H,8-12H2. The zero-order valence-corrected chi connectivity index (χ0v) is 14.3. The van der Waals surface area contributed by atoms with Crippen LogP contribution in [0.4, 0.5) is 0 Å². The van der Waals surface area contributed by atoms with E-state index in [9.17, 15) is 0 Å². The van der Waals surface area contributed by atoms with Crippen molar-refractivity contribution in [3.63, 3.8) is 0 Å². The maximum Gasteiger partial charge on any atom is 0.0543 e. The fourth-order valence-corrected chi connectivity index (χ4v) is 4.20. The molecule has 2 unspecified atom stereocenters. The molecule has 2 aromatic rings. The van der Waals surface area contributed by atoms with Gasteiger partial charge in [-0.1, -0.05) is 35.3 Å². The van der Waals surface area contributed by atoms with Gasteiger partial charge in [-0.2, -0.15) is 0 Å². The molecule has 3 saturated heterocycles. The van der Waals surface area contributed by atoms with Gasteiger partial charge in [0.15, 0.2) is 0 Å². The van der Waals surface area contributed by atoms with Crippen LogP contribution >= 0.6 is 23.2 Å². The molecule has 2 atom stereocenters. The second kappa shape index (κ2) is 6.40. The van der Waals surface area contributed by atoms with Crippen LogP contribution in [0.3, 0.4) is 0 Å². The first-order valence-corrected chi connectivity index (χ1v) is 8.76. The second-order valence-electron chi connectivity index (χ2n) is 6.47. The molecule has 3 nitrogen and oxygen atoms in total. The molecule has 4 heterocycles. The number of piperidine rings is 1. The monoisotopic (exact) mass is 347 g/mol. The summed E-state index contributed by atoms with van der Waals surface area (Å²) in [5, 5.41) is 1.47. The van der Waals surface area contributed by atoms with Gasteiger partial charge in [-0.15, -0.1) is 0 Å². The Kier molecular flexibility index (Phi) is 4.29. The fourth-order valence-electron chi connectivity index (χ4n) is 3.73. The molecule has 5 heteroatoms. The summed E-state index contributed by atoms with van der Waals surface area (Å²) in [6, 6.07) is 13.2. The van der Waals surface area contributed by atoms with E-state index in [1.165, 1.54) is 12.0 Å². The largest absolute Gasteiger partial charge is 0.294 e. The molecule has 120 valence electrons. The highest BCUT2D eigenvalue weighted by molar-refractivity contribution is 6.35. The molecule has 0 aliphatic carbocycles. The number of hydrogen-bond donors (Lipinski definition) is 0. The van der Waals surface area contributed by atoms with E-state index in [-0.39, 0.29) is 0 Å². The van der Waals surface area contributed by atoms with Gasteiger partial charge >= 0.3 is 0 Å². The Morgan fingerprint density at radius 1 is 1.04 bits per heavy atom. The lowest BCUT2D eigenvalue weighted by Crippen LogP contribution is -2.67. The zero-order chi connectivity index (χ0) is 15.8. The molecule has 23 heavy (non-hydrogen) atoms. The minimum atomic E-state index is 0.629. The summed E-state index contributed by atoms with van der Waals surface area (Å²) >= 11 is 12.3. The van der Waals surface area contributed by atoms with Crippen molar-refractivity contribution in [3.8, 4) is 0 Å². The minimum absolute atomic E-state index is 0.629. The van der Waals surface area contributed by atoms with Crippen LogP contribution in [0.5, 0.6) is 0 Å². The average molecular weight is 348 g/mol. The van der Waals surface area contributed by atoms with Crippen LogP contribution in [0.15, 0.2) is 42.6 Å². The minimum Gasteiger partial charge on any atom is -0.294 e. The van der Waals surface area contributed by atoms with Crippen molar-refractivity contribution in [2.75, 3.05) is 13.1 Å². The first-order chi connectivity index (χ1) is 11.2. The lowest BCUT2D eigenvalue weighted by atomic mass is 9.86. The molecule has 0 amide bonds. The van der Waals surface area contributed by atoms with Crippen molar-refractivity contribution in [1.29, 1.82) is 0 Å². The number of nitrogens with zero attached hydrogens (tertiary/aromatic N) is 3. The average Bonchev–Trinajstić information content (AvgIpc) is 2.55. The Labute approximate surface area is 146 Å². The van der Waals surface area contributed by atoms with Crippen LogP contribution in [0.25, 0.3) is 0 Å². The van der Waals surface area contributed by atoms with E-state index in [1.807, 2.05) is 30.5 Å². The van der Waals surface area contributed by atoms with E-state index in [1.54, 1.807) is 0 Å². The van der Waals surface area contributed by atoms with E-state index in [0.717, 1.165) is 36.9 Å². The summed E-state index contributed by atoms with van der Waals surface area (Å²) < 4.78 is 0. The number of pyridine rings is 1. The fraction of sp³-hybridized carbons (Fsp3) is 0.389. The van der Waals surface area contributed by atoms with Crippen LogP contribution in [-0.4, -0.2) is 40.0 Å². The van der Waals surface area contributed by atoms with Gasteiger partial charge in [0.1, 0.15) is 0 Å². The van der Waals surface area contributed by atoms with Gasteiger partial charge in [0.25, 0.3) is 0 Å². The molecule has 1 aromatic heterocycles. The molecule has 0 saturated carbocycles. The van der Waals surface area contributed by atoms with Crippen LogP contribution in [-0.2, 0) is 13.1 Å². The van der Waals surface area contributed by atoms with Crippen LogP contribution in [0.2, 0.25) is 10.0 Å². The Hall–Kier alpha value is -1.13. The number of piperazine rings is 1. The Balaban J connectivity index is 1.38. The van der Waals surface area contributed by atoms with Crippen LogP contribution in [0, 0.1) is 0 Å². The molecule has 5 rings (SSSR count). The molecular weight excluding hydrogens is 329 g/mol. The molecule has 0 N–H and O–H groups in total. The van der Waals surface area contributed by atoms with E-state index >= 15 is 0 Å². The predicted molar refractivity (Wildman–Crippen MR) is 93.7 cm³/mol. The van der Waals surface area contributed by atoms with Crippen molar-refractivity contribution in [3.05, 3.63) is 63.9 Å².